The van der Waals surface area contributed by atoms with Gasteiger partial charge in [-0.25, -0.2) is 0 Å². The Labute approximate surface area is 161 Å². The number of nitrogens with one attached hydrogen (secondary N) is 1. The predicted molar refractivity (Wildman–Crippen MR) is 107 cm³/mol. The van der Waals surface area contributed by atoms with Gasteiger partial charge in [-0.15, -0.1) is 0 Å². The summed E-state index contributed by atoms with van der Waals surface area (Å²) in [5.74, 6) is 1.28. The third kappa shape index (κ3) is 4.16. The predicted octanol–water partition coefficient (Wildman–Crippen LogP) is 3.85. The first kappa shape index (κ1) is 18.1. The number of nitrogens with zero attached hydrogens (tertiary/aromatic N) is 1. The second-order valence-electron chi connectivity index (χ2n) is 8.27. The van der Waals surface area contributed by atoms with Crippen LogP contribution in [0, 0.1) is 0 Å². The van der Waals surface area contributed by atoms with E-state index in [1.54, 1.807) is 0 Å². The Kier molecular flexibility index (Phi) is 4.92. The molecule has 2 aromatic rings. The van der Waals surface area contributed by atoms with Crippen LogP contribution >= 0.6 is 0 Å². The minimum Gasteiger partial charge on any atom is -0.487 e. The molecule has 0 spiro atoms. The molecule has 1 unspecified atom stereocenters. The van der Waals surface area contributed by atoms with Crippen LogP contribution in [0.25, 0.3) is 0 Å². The Hall–Kier alpha value is -2.33. The fourth-order valence-corrected chi connectivity index (χ4v) is 4.10. The summed E-state index contributed by atoms with van der Waals surface area (Å²) in [4.78, 5) is 14.1. The second-order valence-corrected chi connectivity index (χ2v) is 8.27. The highest BCUT2D eigenvalue weighted by Crippen LogP contribution is 2.35. The van der Waals surface area contributed by atoms with Crippen molar-refractivity contribution >= 4 is 5.91 Å². The van der Waals surface area contributed by atoms with E-state index in [0.717, 1.165) is 38.2 Å². The van der Waals surface area contributed by atoms with Crippen LogP contribution in [-0.4, -0.2) is 29.5 Å². The van der Waals surface area contributed by atoms with E-state index in [-0.39, 0.29) is 17.6 Å². The average Bonchev–Trinajstić information content (AvgIpc) is 3.19. The van der Waals surface area contributed by atoms with Gasteiger partial charge in [0.05, 0.1) is 6.04 Å². The van der Waals surface area contributed by atoms with Crippen molar-refractivity contribution in [3.05, 3.63) is 65.2 Å². The molecule has 2 aliphatic heterocycles. The summed E-state index contributed by atoms with van der Waals surface area (Å²) in [6, 6.07) is 17.0. The van der Waals surface area contributed by atoms with Gasteiger partial charge >= 0.3 is 0 Å². The zero-order chi connectivity index (χ0) is 18.9. The van der Waals surface area contributed by atoms with Crippen molar-refractivity contribution in [2.45, 2.75) is 51.3 Å². The third-order valence-corrected chi connectivity index (χ3v) is 5.46. The van der Waals surface area contributed by atoms with Crippen molar-refractivity contribution in [2.24, 2.45) is 0 Å². The summed E-state index contributed by atoms with van der Waals surface area (Å²) in [7, 11) is 0. The smallest absolute Gasteiger partial charge is 0.222 e. The molecular weight excluding hydrogens is 336 g/mol. The summed E-state index contributed by atoms with van der Waals surface area (Å²) in [5.41, 5.74) is 3.65. The molecule has 1 N–H and O–H groups in total. The SMILES string of the molecule is CC1(C)Cc2cc(CNC(CN3CCCC3=O)c3ccccc3)ccc2O1. The molecule has 4 rings (SSSR count). The van der Waals surface area contributed by atoms with Crippen molar-refractivity contribution in [3.8, 4) is 5.75 Å². The molecule has 0 radical (unpaired) electrons. The first-order valence-electron chi connectivity index (χ1n) is 9.87. The molecule has 2 aromatic carbocycles. The molecule has 1 amide bonds. The first-order valence-corrected chi connectivity index (χ1v) is 9.87. The highest BCUT2D eigenvalue weighted by atomic mass is 16.5. The van der Waals surface area contributed by atoms with E-state index in [1.165, 1.54) is 16.7 Å². The first-order chi connectivity index (χ1) is 13.0. The standard InChI is InChI=1S/C23H28N2O2/c1-23(2)14-19-13-17(10-11-21(19)27-23)15-24-20(18-7-4-3-5-8-18)16-25-12-6-9-22(25)26/h3-5,7-8,10-11,13,20,24H,6,9,12,14-16H2,1-2H3. The number of ether oxygens (including phenoxy) is 1. The van der Waals surface area contributed by atoms with Gasteiger partial charge in [0.25, 0.3) is 0 Å². The number of carbonyl (C=O) groups is 1. The van der Waals surface area contributed by atoms with Crippen LogP contribution in [0.1, 0.15) is 49.4 Å². The number of rotatable bonds is 6. The second kappa shape index (κ2) is 7.35. The van der Waals surface area contributed by atoms with E-state index in [0.29, 0.717) is 6.42 Å². The molecule has 4 nitrogen and oxygen atoms in total. The Bertz CT molecular complexity index is 816. The molecule has 4 heteroatoms. The van der Waals surface area contributed by atoms with Crippen LogP contribution in [0.3, 0.4) is 0 Å². The fourth-order valence-electron chi connectivity index (χ4n) is 4.10. The Morgan fingerprint density at radius 3 is 2.74 bits per heavy atom. The lowest BCUT2D eigenvalue weighted by atomic mass is 10.00. The van der Waals surface area contributed by atoms with E-state index in [1.807, 2.05) is 11.0 Å². The van der Waals surface area contributed by atoms with Gasteiger partial charge in [0.15, 0.2) is 0 Å². The number of hydrogen-bond donors (Lipinski definition) is 1. The Balaban J connectivity index is 1.47. The summed E-state index contributed by atoms with van der Waals surface area (Å²) in [6.45, 7) is 6.63. The van der Waals surface area contributed by atoms with Crippen LogP contribution < -0.4 is 10.1 Å². The highest BCUT2D eigenvalue weighted by Gasteiger charge is 2.30. The minimum absolute atomic E-state index is 0.114. The van der Waals surface area contributed by atoms with Crippen molar-refractivity contribution in [3.63, 3.8) is 0 Å². The Morgan fingerprint density at radius 2 is 2.00 bits per heavy atom. The average molecular weight is 364 g/mol. The van der Waals surface area contributed by atoms with Gasteiger partial charge in [0.1, 0.15) is 11.4 Å². The molecule has 0 aliphatic carbocycles. The summed E-state index contributed by atoms with van der Waals surface area (Å²) < 4.78 is 5.98. The van der Waals surface area contributed by atoms with Crippen LogP contribution in [0.4, 0.5) is 0 Å². The van der Waals surface area contributed by atoms with E-state index in [2.05, 4.69) is 61.6 Å². The molecule has 0 aromatic heterocycles. The molecule has 1 fully saturated rings. The van der Waals surface area contributed by atoms with Crippen LogP contribution in [0.15, 0.2) is 48.5 Å². The van der Waals surface area contributed by atoms with Gasteiger partial charge in [0.2, 0.25) is 5.91 Å². The molecule has 0 bridgehead atoms. The minimum atomic E-state index is -0.114. The maximum Gasteiger partial charge on any atom is 0.222 e. The van der Waals surface area contributed by atoms with E-state index < -0.39 is 0 Å². The number of carbonyl (C=O) groups excluding carboxylic acids is 1. The topological polar surface area (TPSA) is 41.6 Å². The number of benzene rings is 2. The van der Waals surface area contributed by atoms with E-state index in [9.17, 15) is 4.79 Å². The molecule has 0 saturated carbocycles. The van der Waals surface area contributed by atoms with Crippen LogP contribution in [-0.2, 0) is 17.8 Å². The van der Waals surface area contributed by atoms with Crippen LogP contribution in [0.5, 0.6) is 5.75 Å². The molecule has 1 atom stereocenters. The number of likely N-dealkylation sites (tertiary alicyclic amines) is 1. The number of amides is 1. The quantitative estimate of drug-likeness (QED) is 0.846. The summed E-state index contributed by atoms with van der Waals surface area (Å²) in [6.07, 6.45) is 2.60. The van der Waals surface area contributed by atoms with Crippen molar-refractivity contribution in [1.29, 1.82) is 0 Å². The van der Waals surface area contributed by atoms with E-state index >= 15 is 0 Å². The van der Waals surface area contributed by atoms with Gasteiger partial charge < -0.3 is 15.0 Å². The zero-order valence-corrected chi connectivity index (χ0v) is 16.2. The lowest BCUT2D eigenvalue weighted by molar-refractivity contribution is -0.128. The molecular formula is C23H28N2O2. The van der Waals surface area contributed by atoms with Gasteiger partial charge in [-0.1, -0.05) is 42.5 Å². The molecule has 2 heterocycles. The summed E-state index contributed by atoms with van der Waals surface area (Å²) >= 11 is 0. The summed E-state index contributed by atoms with van der Waals surface area (Å²) in [5, 5.41) is 3.68. The van der Waals surface area contributed by atoms with Crippen molar-refractivity contribution in [1.82, 2.24) is 10.2 Å². The molecule has 142 valence electrons. The van der Waals surface area contributed by atoms with Gasteiger partial charge in [0, 0.05) is 32.5 Å². The largest absolute Gasteiger partial charge is 0.487 e. The van der Waals surface area contributed by atoms with Crippen LogP contribution in [0.2, 0.25) is 0 Å². The van der Waals surface area contributed by atoms with Gasteiger partial charge in [-0.05, 0) is 43.0 Å². The Morgan fingerprint density at radius 1 is 1.19 bits per heavy atom. The highest BCUT2D eigenvalue weighted by molar-refractivity contribution is 5.78. The van der Waals surface area contributed by atoms with Gasteiger partial charge in [-0.3, -0.25) is 4.79 Å². The van der Waals surface area contributed by atoms with Crippen molar-refractivity contribution < 1.29 is 9.53 Å². The molecule has 1 saturated heterocycles. The lowest BCUT2D eigenvalue weighted by Crippen LogP contribution is -2.35. The zero-order valence-electron chi connectivity index (χ0n) is 16.2. The fraction of sp³-hybridized carbons (Fsp3) is 0.435. The van der Waals surface area contributed by atoms with E-state index in [4.69, 9.17) is 4.74 Å². The maximum atomic E-state index is 12.1. The molecule has 27 heavy (non-hydrogen) atoms. The normalized spacial score (nSPS) is 19.0. The number of fused-ring (bicyclic) bond motifs is 1. The van der Waals surface area contributed by atoms with Crippen molar-refractivity contribution in [2.75, 3.05) is 13.1 Å². The number of hydrogen-bond acceptors (Lipinski definition) is 3. The lowest BCUT2D eigenvalue weighted by Gasteiger charge is -2.25. The maximum absolute atomic E-state index is 12.1. The monoisotopic (exact) mass is 364 g/mol. The third-order valence-electron chi connectivity index (χ3n) is 5.46. The van der Waals surface area contributed by atoms with Gasteiger partial charge in [-0.2, -0.15) is 0 Å². The molecule has 2 aliphatic rings.